The van der Waals surface area contributed by atoms with Crippen molar-refractivity contribution < 1.29 is 4.79 Å². The van der Waals surface area contributed by atoms with E-state index >= 15 is 0 Å². The zero-order valence-electron chi connectivity index (χ0n) is 17.1. The summed E-state index contributed by atoms with van der Waals surface area (Å²) < 4.78 is 1.91. The number of hydrogen-bond donors (Lipinski definition) is 2. The number of rotatable bonds is 4. The fourth-order valence-electron chi connectivity index (χ4n) is 3.44. The van der Waals surface area contributed by atoms with Crippen LogP contribution in [0.3, 0.4) is 0 Å². The molecule has 1 amide bonds. The zero-order chi connectivity index (χ0) is 20.5. The van der Waals surface area contributed by atoms with Gasteiger partial charge < -0.3 is 10.7 Å². The van der Waals surface area contributed by atoms with Gasteiger partial charge >= 0.3 is 0 Å². The van der Waals surface area contributed by atoms with E-state index in [1.54, 1.807) is 0 Å². The maximum absolute atomic E-state index is 13.3. The molecule has 4 rings (SSSR count). The van der Waals surface area contributed by atoms with Crippen LogP contribution in [-0.2, 0) is 11.2 Å². The summed E-state index contributed by atoms with van der Waals surface area (Å²) >= 11 is 1.45. The largest absolute Gasteiger partial charge is 0.325 e. The number of nitrogens with zero attached hydrogens (tertiary/aromatic N) is 3. The van der Waals surface area contributed by atoms with Gasteiger partial charge in [-0.25, -0.2) is 4.68 Å². The average molecular weight is 408 g/mol. The van der Waals surface area contributed by atoms with Crippen LogP contribution < -0.4 is 10.7 Å². The first-order valence-corrected chi connectivity index (χ1v) is 10.7. The summed E-state index contributed by atoms with van der Waals surface area (Å²) in [6.07, 6.45) is 0.764. The van der Waals surface area contributed by atoms with E-state index < -0.39 is 0 Å². The number of amides is 1. The Balaban J connectivity index is 1.69. The number of benzene rings is 2. The van der Waals surface area contributed by atoms with E-state index in [2.05, 4.69) is 52.1 Å². The van der Waals surface area contributed by atoms with E-state index in [1.807, 2.05) is 43.6 Å². The van der Waals surface area contributed by atoms with E-state index in [1.165, 1.54) is 17.3 Å². The molecule has 2 atom stereocenters. The molecule has 7 heteroatoms. The molecule has 29 heavy (non-hydrogen) atoms. The third-order valence-corrected chi connectivity index (χ3v) is 6.59. The second-order valence-electron chi connectivity index (χ2n) is 7.38. The van der Waals surface area contributed by atoms with E-state index in [9.17, 15) is 4.79 Å². The summed E-state index contributed by atoms with van der Waals surface area (Å²) in [6.45, 7) is 8.18. The highest BCUT2D eigenvalue weighted by atomic mass is 32.2. The van der Waals surface area contributed by atoms with Gasteiger partial charge in [-0.3, -0.25) is 4.79 Å². The highest BCUT2D eigenvalue weighted by Gasteiger charge is 2.37. The molecule has 2 heterocycles. The number of hydrogen-bond acceptors (Lipinski definition) is 5. The molecule has 0 bridgehead atoms. The smallest absolute Gasteiger partial charge is 0.240 e. The number of carbonyl (C=O) groups is 1. The van der Waals surface area contributed by atoms with Crippen LogP contribution in [0.2, 0.25) is 0 Å². The lowest BCUT2D eigenvalue weighted by atomic mass is 10.0. The fraction of sp³-hybridized carbons (Fsp3) is 0.318. The van der Waals surface area contributed by atoms with Crippen LogP contribution in [-0.4, -0.2) is 26.0 Å². The van der Waals surface area contributed by atoms with Crippen LogP contribution in [0, 0.1) is 20.8 Å². The van der Waals surface area contributed by atoms with Crippen LogP contribution in [0.15, 0.2) is 47.6 Å². The van der Waals surface area contributed by atoms with Crippen molar-refractivity contribution in [1.82, 2.24) is 14.9 Å². The minimum Gasteiger partial charge on any atom is -0.325 e. The molecule has 0 aliphatic carbocycles. The fourth-order valence-corrected chi connectivity index (χ4v) is 4.54. The predicted molar refractivity (Wildman–Crippen MR) is 117 cm³/mol. The number of thioether (sulfide) groups is 1. The number of nitrogens with one attached hydrogen (secondary N) is 2. The van der Waals surface area contributed by atoms with Crippen molar-refractivity contribution in [3.8, 4) is 0 Å². The Labute approximate surface area is 175 Å². The van der Waals surface area contributed by atoms with Crippen molar-refractivity contribution in [2.45, 2.75) is 50.6 Å². The Kier molecular flexibility index (Phi) is 5.32. The van der Waals surface area contributed by atoms with Crippen molar-refractivity contribution in [3.05, 3.63) is 70.5 Å². The molecule has 0 radical (unpaired) electrons. The predicted octanol–water partition coefficient (Wildman–Crippen LogP) is 4.16. The number of fused-ring (bicyclic) bond motifs is 1. The van der Waals surface area contributed by atoms with Crippen molar-refractivity contribution in [1.29, 1.82) is 0 Å². The first-order valence-electron chi connectivity index (χ1n) is 9.79. The van der Waals surface area contributed by atoms with Gasteiger partial charge in [0.05, 0.1) is 6.04 Å². The van der Waals surface area contributed by atoms with Gasteiger partial charge in [0.2, 0.25) is 11.1 Å². The van der Waals surface area contributed by atoms with Crippen LogP contribution in [0.4, 0.5) is 5.69 Å². The van der Waals surface area contributed by atoms with Gasteiger partial charge in [-0.15, -0.1) is 10.2 Å². The van der Waals surface area contributed by atoms with Crippen LogP contribution >= 0.6 is 11.8 Å². The molecule has 0 saturated carbocycles. The topological polar surface area (TPSA) is 71.8 Å². The summed E-state index contributed by atoms with van der Waals surface area (Å²) in [7, 11) is 0. The van der Waals surface area contributed by atoms with Crippen LogP contribution in [0.1, 0.15) is 41.0 Å². The van der Waals surface area contributed by atoms with Gasteiger partial charge in [-0.1, -0.05) is 60.6 Å². The zero-order valence-corrected chi connectivity index (χ0v) is 17.9. The lowest BCUT2D eigenvalue weighted by Crippen LogP contribution is -2.41. The Hall–Kier alpha value is -2.80. The van der Waals surface area contributed by atoms with Crippen LogP contribution in [0.5, 0.6) is 0 Å². The quantitative estimate of drug-likeness (QED) is 0.679. The second-order valence-corrected chi connectivity index (χ2v) is 8.49. The SMILES string of the molecule is CCc1nnc2n1N[C@H](c1ccc(C)cc1)[C@@H](C(=O)Nc1cccc(C)c1C)S2. The number of anilines is 1. The molecule has 6 nitrogen and oxygen atoms in total. The Morgan fingerprint density at radius 1 is 1.14 bits per heavy atom. The molecule has 0 fully saturated rings. The molecular formula is C22H25N5OS. The molecule has 1 aliphatic heterocycles. The molecule has 150 valence electrons. The van der Waals surface area contributed by atoms with Crippen molar-refractivity contribution in [2.24, 2.45) is 0 Å². The summed E-state index contributed by atoms with van der Waals surface area (Å²) in [5, 5.41) is 12.0. The summed E-state index contributed by atoms with van der Waals surface area (Å²) in [4.78, 5) is 13.3. The normalized spacial score (nSPS) is 18.1. The standard InChI is InChI=1S/C22H25N5OS/c1-5-18-24-25-22-27(18)26-19(16-11-9-13(2)10-12-16)20(29-22)21(28)23-17-8-6-7-14(3)15(17)4/h6-12,19-20,26H,5H2,1-4H3,(H,23,28)/t19-,20+/m1/s1. The van der Waals surface area contributed by atoms with Crippen molar-refractivity contribution in [2.75, 3.05) is 10.7 Å². The molecule has 0 unspecified atom stereocenters. The summed E-state index contributed by atoms with van der Waals surface area (Å²) in [6, 6.07) is 14.1. The molecule has 2 N–H and O–H groups in total. The molecule has 0 saturated heterocycles. The first kappa shape index (κ1) is 19.5. The molecule has 0 spiro atoms. The lowest BCUT2D eigenvalue weighted by molar-refractivity contribution is -0.116. The van der Waals surface area contributed by atoms with Crippen LogP contribution in [0.25, 0.3) is 0 Å². The summed E-state index contributed by atoms with van der Waals surface area (Å²) in [5.41, 5.74) is 8.81. The third-order valence-electron chi connectivity index (χ3n) is 5.38. The first-order chi connectivity index (χ1) is 14.0. The number of carbonyl (C=O) groups excluding carboxylic acids is 1. The third kappa shape index (κ3) is 3.74. The molecule has 1 aliphatic rings. The highest BCUT2D eigenvalue weighted by Crippen LogP contribution is 2.38. The van der Waals surface area contributed by atoms with Gasteiger partial charge in [-0.2, -0.15) is 0 Å². The maximum Gasteiger partial charge on any atom is 0.240 e. The Morgan fingerprint density at radius 3 is 2.62 bits per heavy atom. The molecular weight excluding hydrogens is 382 g/mol. The maximum atomic E-state index is 13.3. The molecule has 3 aromatic rings. The Morgan fingerprint density at radius 2 is 1.90 bits per heavy atom. The monoisotopic (exact) mass is 407 g/mol. The highest BCUT2D eigenvalue weighted by molar-refractivity contribution is 8.00. The van der Waals surface area contributed by atoms with E-state index in [-0.39, 0.29) is 17.2 Å². The van der Waals surface area contributed by atoms with Crippen molar-refractivity contribution in [3.63, 3.8) is 0 Å². The number of aromatic nitrogens is 3. The Bertz CT molecular complexity index is 1040. The average Bonchev–Trinajstić information content (AvgIpc) is 3.13. The van der Waals surface area contributed by atoms with E-state index in [0.717, 1.165) is 34.6 Å². The minimum absolute atomic E-state index is 0.0472. The number of aryl methyl sites for hydroxylation is 3. The lowest BCUT2D eigenvalue weighted by Gasteiger charge is -2.33. The van der Waals surface area contributed by atoms with Crippen molar-refractivity contribution >= 4 is 23.4 Å². The molecule has 2 aromatic carbocycles. The van der Waals surface area contributed by atoms with Gasteiger partial charge in [-0.05, 0) is 43.5 Å². The molecule has 1 aromatic heterocycles. The summed E-state index contributed by atoms with van der Waals surface area (Å²) in [5.74, 6) is 0.812. The van der Waals surface area contributed by atoms with Gasteiger partial charge in [0, 0.05) is 12.1 Å². The second kappa shape index (κ2) is 7.91. The van der Waals surface area contributed by atoms with E-state index in [4.69, 9.17) is 0 Å². The van der Waals surface area contributed by atoms with Gasteiger partial charge in [0.1, 0.15) is 5.25 Å². The van der Waals surface area contributed by atoms with Gasteiger partial charge in [0.25, 0.3) is 0 Å². The van der Waals surface area contributed by atoms with E-state index in [0.29, 0.717) is 5.16 Å². The van der Waals surface area contributed by atoms with Gasteiger partial charge in [0.15, 0.2) is 5.82 Å². The minimum atomic E-state index is -0.376.